The van der Waals surface area contributed by atoms with Crippen LogP contribution in [0.4, 0.5) is 10.1 Å². The number of carbonyl (C=O) groups is 1. The van der Waals surface area contributed by atoms with Gasteiger partial charge in [-0.25, -0.2) is 4.39 Å². The Balaban J connectivity index is 2.46. The van der Waals surface area contributed by atoms with Crippen LogP contribution in [0.5, 0.6) is 0 Å². The van der Waals surface area contributed by atoms with Crippen molar-refractivity contribution in [3.05, 3.63) is 63.9 Å². The van der Waals surface area contributed by atoms with E-state index in [-0.39, 0.29) is 22.5 Å². The Morgan fingerprint density at radius 1 is 1.29 bits per heavy atom. The molecule has 8 heteroatoms. The Hall–Kier alpha value is -3.05. The zero-order chi connectivity index (χ0) is 17.7. The van der Waals surface area contributed by atoms with Crippen molar-refractivity contribution in [3.8, 4) is 6.07 Å². The van der Waals surface area contributed by atoms with Gasteiger partial charge < -0.3 is 5.73 Å². The molecule has 2 rings (SSSR count). The maximum atomic E-state index is 13.9. The minimum Gasteiger partial charge on any atom is -0.382 e. The molecule has 24 heavy (non-hydrogen) atoms. The van der Waals surface area contributed by atoms with E-state index < -0.39 is 17.4 Å². The highest BCUT2D eigenvalue weighted by Crippen LogP contribution is 2.25. The van der Waals surface area contributed by atoms with Gasteiger partial charge in [0.2, 0.25) is 5.71 Å². The third kappa shape index (κ3) is 3.83. The molecule has 0 saturated carbocycles. The zero-order valence-electron chi connectivity index (χ0n) is 12.2. The molecule has 6 nitrogen and oxygen atoms in total. The van der Waals surface area contributed by atoms with Gasteiger partial charge in [-0.2, -0.15) is 10.4 Å². The number of amidine groups is 1. The Morgan fingerprint density at radius 3 is 2.62 bits per heavy atom. The first-order valence-corrected chi connectivity index (χ1v) is 7.40. The molecule has 120 valence electrons. The maximum Gasteiger partial charge on any atom is 0.201 e. The number of anilines is 1. The number of nitrogens with one attached hydrogen (secondary N) is 2. The van der Waals surface area contributed by atoms with Crippen molar-refractivity contribution in [1.29, 1.82) is 10.7 Å². The molecule has 0 bridgehead atoms. The monoisotopic (exact) mass is 387 g/mol. The van der Waals surface area contributed by atoms with Gasteiger partial charge in [-0.15, -0.1) is 0 Å². The first kappa shape index (κ1) is 17.3. The molecular formula is C16H11BrFN5O. The van der Waals surface area contributed by atoms with Gasteiger partial charge in [0.25, 0.3) is 0 Å². The largest absolute Gasteiger partial charge is 0.382 e. The molecule has 0 unspecified atom stereocenters. The number of ketones is 1. The fraction of sp³-hybridized carbons (Fsp3) is 0. The second-order valence-electron chi connectivity index (χ2n) is 4.60. The average Bonchev–Trinajstić information content (AvgIpc) is 2.56. The van der Waals surface area contributed by atoms with Crippen LogP contribution in [0, 0.1) is 22.6 Å². The maximum absolute atomic E-state index is 13.9. The molecule has 0 aromatic heterocycles. The first-order chi connectivity index (χ1) is 11.4. The highest BCUT2D eigenvalue weighted by atomic mass is 79.9. The first-order valence-electron chi connectivity index (χ1n) is 6.61. The molecule has 0 heterocycles. The zero-order valence-corrected chi connectivity index (χ0v) is 13.8. The third-order valence-corrected chi connectivity index (χ3v) is 3.49. The number of nitrogens with two attached hydrogens (primary N) is 1. The molecule has 0 fully saturated rings. The van der Waals surface area contributed by atoms with Crippen molar-refractivity contribution in [2.45, 2.75) is 0 Å². The summed E-state index contributed by atoms with van der Waals surface area (Å²) in [7, 11) is 0. The fourth-order valence-corrected chi connectivity index (χ4v) is 2.21. The lowest BCUT2D eigenvalue weighted by Gasteiger charge is -2.10. The van der Waals surface area contributed by atoms with Crippen LogP contribution in [0.3, 0.4) is 0 Å². The van der Waals surface area contributed by atoms with Crippen molar-refractivity contribution in [1.82, 2.24) is 0 Å². The van der Waals surface area contributed by atoms with Crippen LogP contribution in [0.2, 0.25) is 0 Å². The Labute approximate surface area is 145 Å². The lowest BCUT2D eigenvalue weighted by molar-refractivity contribution is 0.103. The van der Waals surface area contributed by atoms with Gasteiger partial charge in [-0.3, -0.25) is 15.6 Å². The summed E-state index contributed by atoms with van der Waals surface area (Å²) >= 11 is 3.26. The van der Waals surface area contributed by atoms with Crippen molar-refractivity contribution < 1.29 is 9.18 Å². The van der Waals surface area contributed by atoms with E-state index in [9.17, 15) is 9.18 Å². The number of rotatable bonds is 5. The van der Waals surface area contributed by atoms with Crippen LogP contribution in [0.15, 0.2) is 52.0 Å². The summed E-state index contributed by atoms with van der Waals surface area (Å²) < 4.78 is 14.5. The second-order valence-corrected chi connectivity index (χ2v) is 5.51. The quantitative estimate of drug-likeness (QED) is 0.316. The predicted octanol–water partition coefficient (Wildman–Crippen LogP) is 3.05. The normalized spacial score (nSPS) is 10.8. The Kier molecular flexibility index (Phi) is 5.39. The molecule has 0 radical (unpaired) electrons. The van der Waals surface area contributed by atoms with Crippen LogP contribution in [-0.2, 0) is 0 Å². The highest BCUT2D eigenvalue weighted by molar-refractivity contribution is 9.10. The summed E-state index contributed by atoms with van der Waals surface area (Å²) in [4.78, 5) is 12.6. The molecule has 0 aliphatic carbocycles. The van der Waals surface area contributed by atoms with Crippen LogP contribution in [-0.4, -0.2) is 17.3 Å². The van der Waals surface area contributed by atoms with E-state index in [4.69, 9.17) is 16.4 Å². The van der Waals surface area contributed by atoms with Gasteiger partial charge in [0.15, 0.2) is 11.6 Å². The van der Waals surface area contributed by atoms with Gasteiger partial charge in [0, 0.05) is 10.0 Å². The van der Waals surface area contributed by atoms with Gasteiger partial charge in [0.1, 0.15) is 11.9 Å². The van der Waals surface area contributed by atoms with E-state index in [1.165, 1.54) is 30.3 Å². The van der Waals surface area contributed by atoms with Gasteiger partial charge >= 0.3 is 0 Å². The molecule has 0 atom stereocenters. The molecular weight excluding hydrogens is 377 g/mol. The molecule has 4 N–H and O–H groups in total. The van der Waals surface area contributed by atoms with E-state index in [0.29, 0.717) is 4.47 Å². The molecule has 0 aliphatic rings. The summed E-state index contributed by atoms with van der Waals surface area (Å²) in [6.07, 6.45) is 0. The Morgan fingerprint density at radius 2 is 2.00 bits per heavy atom. The minimum absolute atomic E-state index is 0.0882. The molecule has 0 aliphatic heterocycles. The number of hydrogen-bond acceptors (Lipinski definition) is 5. The molecule has 2 aromatic carbocycles. The predicted molar refractivity (Wildman–Crippen MR) is 92.6 cm³/mol. The number of hydrazone groups is 1. The highest BCUT2D eigenvalue weighted by Gasteiger charge is 2.17. The molecule has 0 amide bonds. The van der Waals surface area contributed by atoms with E-state index >= 15 is 0 Å². The standard InChI is InChI=1S/C16H11BrFN5O/c17-9-5-6-13(22-23-14(8-19)16(20)21)11(7-9)15(24)10-3-1-2-4-12(10)18/h1-7,22H,(H3,20,21)/b23-14+. The SMILES string of the molecule is N#C/C(=N\Nc1ccc(Br)cc1C(=O)c1ccccc1F)C(=N)N. The Bertz CT molecular complexity index is 888. The van der Waals surface area contributed by atoms with Crippen molar-refractivity contribution in [2.24, 2.45) is 10.8 Å². The van der Waals surface area contributed by atoms with E-state index in [0.717, 1.165) is 0 Å². The van der Waals surface area contributed by atoms with Crippen LogP contribution >= 0.6 is 15.9 Å². The minimum atomic E-state index is -0.640. The molecule has 2 aromatic rings. The summed E-state index contributed by atoms with van der Waals surface area (Å²) in [6, 6.07) is 12.0. The van der Waals surface area contributed by atoms with Gasteiger partial charge in [-0.1, -0.05) is 28.1 Å². The van der Waals surface area contributed by atoms with Crippen molar-refractivity contribution >= 4 is 38.9 Å². The van der Waals surface area contributed by atoms with Crippen LogP contribution in [0.25, 0.3) is 0 Å². The molecule has 0 spiro atoms. The van der Waals surface area contributed by atoms with Gasteiger partial charge in [0.05, 0.1) is 11.3 Å². The van der Waals surface area contributed by atoms with Crippen molar-refractivity contribution in [3.63, 3.8) is 0 Å². The van der Waals surface area contributed by atoms with E-state index in [1.54, 1.807) is 18.2 Å². The number of hydrogen-bond donors (Lipinski definition) is 3. The number of benzene rings is 2. The summed E-state index contributed by atoms with van der Waals surface area (Å²) in [5.74, 6) is -1.70. The number of nitrogens with zero attached hydrogens (tertiary/aromatic N) is 2. The molecule has 0 saturated heterocycles. The summed E-state index contributed by atoms with van der Waals surface area (Å²) in [6.45, 7) is 0. The summed E-state index contributed by atoms with van der Waals surface area (Å²) in [5.41, 5.74) is 7.72. The van der Waals surface area contributed by atoms with E-state index in [1.807, 2.05) is 0 Å². The third-order valence-electron chi connectivity index (χ3n) is 2.99. The lowest BCUT2D eigenvalue weighted by Crippen LogP contribution is -2.22. The summed E-state index contributed by atoms with van der Waals surface area (Å²) in [5, 5.41) is 19.8. The second kappa shape index (κ2) is 7.48. The van der Waals surface area contributed by atoms with Crippen LogP contribution in [0.1, 0.15) is 15.9 Å². The van der Waals surface area contributed by atoms with Crippen molar-refractivity contribution in [2.75, 3.05) is 5.43 Å². The fourth-order valence-electron chi connectivity index (χ4n) is 1.85. The number of carbonyl (C=O) groups excluding carboxylic acids is 1. The lowest BCUT2D eigenvalue weighted by atomic mass is 10.0. The smallest absolute Gasteiger partial charge is 0.201 e. The number of nitriles is 1. The average molecular weight is 388 g/mol. The van der Waals surface area contributed by atoms with Crippen LogP contribution < -0.4 is 11.2 Å². The topological polar surface area (TPSA) is 115 Å². The van der Waals surface area contributed by atoms with E-state index in [2.05, 4.69) is 26.5 Å². The number of halogens is 2. The van der Waals surface area contributed by atoms with Gasteiger partial charge in [-0.05, 0) is 30.3 Å².